The predicted octanol–water partition coefficient (Wildman–Crippen LogP) is 3.60. The summed E-state index contributed by atoms with van der Waals surface area (Å²) < 4.78 is 52.4. The smallest absolute Gasteiger partial charge is 0.206 e. The molecule has 0 aromatic heterocycles. The standard InChI is InChI=1S/C18H23NO4S2/c1-13(2)15-10-11-17(14(3)4)18(12-15)25(22,23)19-24(20,21)16-8-6-5-7-9-16/h5-14,19H,1-4H3. The maximum atomic E-state index is 12.8. The van der Waals surface area contributed by atoms with Gasteiger partial charge >= 0.3 is 0 Å². The third kappa shape index (κ3) is 4.48. The SMILES string of the molecule is CC(C)c1ccc(C(C)C)c(S(=O)(=O)NS(=O)(=O)c2ccccc2)c1. The highest BCUT2D eigenvalue weighted by Crippen LogP contribution is 2.28. The summed E-state index contributed by atoms with van der Waals surface area (Å²) in [5.41, 5.74) is 1.42. The maximum absolute atomic E-state index is 12.8. The third-order valence-corrected chi connectivity index (χ3v) is 7.47. The van der Waals surface area contributed by atoms with Crippen LogP contribution in [-0.4, -0.2) is 16.8 Å². The van der Waals surface area contributed by atoms with Gasteiger partial charge in [-0.1, -0.05) is 58.0 Å². The van der Waals surface area contributed by atoms with Crippen molar-refractivity contribution in [3.8, 4) is 0 Å². The summed E-state index contributed by atoms with van der Waals surface area (Å²) in [7, 11) is -8.42. The molecule has 0 radical (unpaired) electrons. The second-order valence-corrected chi connectivity index (χ2v) is 10.1. The number of hydrogen-bond acceptors (Lipinski definition) is 4. The van der Waals surface area contributed by atoms with Gasteiger partial charge in [0.05, 0.1) is 9.79 Å². The molecule has 0 heterocycles. The molecule has 0 saturated heterocycles. The first-order valence-corrected chi connectivity index (χ1v) is 11.0. The normalized spacial score (nSPS) is 12.7. The first kappa shape index (κ1) is 19.6. The van der Waals surface area contributed by atoms with Crippen LogP contribution in [0.3, 0.4) is 0 Å². The highest BCUT2D eigenvalue weighted by atomic mass is 32.3. The minimum atomic E-state index is -4.24. The van der Waals surface area contributed by atoms with Gasteiger partial charge in [0, 0.05) is 0 Å². The molecule has 5 nitrogen and oxygen atoms in total. The highest BCUT2D eigenvalue weighted by Gasteiger charge is 2.27. The minimum Gasteiger partial charge on any atom is -0.206 e. The Morgan fingerprint density at radius 2 is 1.36 bits per heavy atom. The van der Waals surface area contributed by atoms with Crippen LogP contribution >= 0.6 is 0 Å². The van der Waals surface area contributed by atoms with Crippen LogP contribution in [0.25, 0.3) is 0 Å². The van der Waals surface area contributed by atoms with Gasteiger partial charge in [0.25, 0.3) is 20.0 Å². The van der Waals surface area contributed by atoms with Crippen LogP contribution in [0, 0.1) is 0 Å². The number of rotatable bonds is 6. The van der Waals surface area contributed by atoms with E-state index < -0.39 is 20.0 Å². The van der Waals surface area contributed by atoms with Crippen LogP contribution in [0.15, 0.2) is 58.3 Å². The molecule has 25 heavy (non-hydrogen) atoms. The molecule has 0 atom stereocenters. The molecule has 0 spiro atoms. The molecule has 2 aromatic carbocycles. The van der Waals surface area contributed by atoms with E-state index in [2.05, 4.69) is 0 Å². The van der Waals surface area contributed by atoms with Gasteiger partial charge in [-0.2, -0.15) is 0 Å². The average molecular weight is 382 g/mol. The van der Waals surface area contributed by atoms with Crippen molar-refractivity contribution in [2.45, 2.75) is 49.3 Å². The third-order valence-electron chi connectivity index (χ3n) is 3.89. The molecule has 0 aliphatic heterocycles. The fraction of sp³-hybridized carbons (Fsp3) is 0.333. The molecule has 0 aliphatic rings. The number of benzene rings is 2. The maximum Gasteiger partial charge on any atom is 0.254 e. The lowest BCUT2D eigenvalue weighted by molar-refractivity contribution is 0.575. The molecule has 0 saturated carbocycles. The van der Waals surface area contributed by atoms with Gasteiger partial charge in [0.15, 0.2) is 0 Å². The topological polar surface area (TPSA) is 80.3 Å². The van der Waals surface area contributed by atoms with E-state index in [9.17, 15) is 16.8 Å². The first-order valence-electron chi connectivity index (χ1n) is 8.02. The van der Waals surface area contributed by atoms with Crippen molar-refractivity contribution in [2.75, 3.05) is 0 Å². The van der Waals surface area contributed by atoms with Gasteiger partial charge in [-0.3, -0.25) is 0 Å². The number of sulfonamides is 2. The Balaban J connectivity index is 2.54. The van der Waals surface area contributed by atoms with Crippen LogP contribution in [0.1, 0.15) is 50.7 Å². The van der Waals surface area contributed by atoms with Crippen molar-refractivity contribution in [3.05, 3.63) is 59.7 Å². The minimum absolute atomic E-state index is 0.00760. The van der Waals surface area contributed by atoms with Gasteiger partial charge in [-0.05, 0) is 41.2 Å². The fourth-order valence-corrected chi connectivity index (χ4v) is 5.78. The van der Waals surface area contributed by atoms with E-state index in [1.165, 1.54) is 12.1 Å². The second kappa shape index (κ2) is 7.27. The molecule has 0 fully saturated rings. The molecule has 0 unspecified atom stereocenters. The fourth-order valence-electron chi connectivity index (χ4n) is 2.46. The second-order valence-electron chi connectivity index (χ2n) is 6.51. The zero-order chi connectivity index (χ0) is 18.8. The summed E-state index contributed by atoms with van der Waals surface area (Å²) in [5.74, 6) is 0.0631. The average Bonchev–Trinajstić information content (AvgIpc) is 2.54. The van der Waals surface area contributed by atoms with Crippen LogP contribution in [0.4, 0.5) is 0 Å². The summed E-state index contributed by atoms with van der Waals surface area (Å²) in [5, 5.41) is 0. The lowest BCUT2D eigenvalue weighted by atomic mass is 9.97. The quantitative estimate of drug-likeness (QED) is 0.829. The van der Waals surface area contributed by atoms with Gasteiger partial charge in [0.2, 0.25) is 0 Å². The Morgan fingerprint density at radius 1 is 0.760 bits per heavy atom. The van der Waals surface area contributed by atoms with E-state index in [1.54, 1.807) is 30.3 Å². The van der Waals surface area contributed by atoms with Crippen LogP contribution in [-0.2, 0) is 20.0 Å². The van der Waals surface area contributed by atoms with Gasteiger partial charge in [-0.15, -0.1) is 4.13 Å². The summed E-state index contributed by atoms with van der Waals surface area (Å²) in [4.78, 5) is -0.0853. The van der Waals surface area contributed by atoms with Crippen molar-refractivity contribution >= 4 is 20.0 Å². The Hall–Kier alpha value is -1.70. The molecule has 0 amide bonds. The van der Waals surface area contributed by atoms with Crippen molar-refractivity contribution in [1.29, 1.82) is 0 Å². The predicted molar refractivity (Wildman–Crippen MR) is 98.6 cm³/mol. The highest BCUT2D eigenvalue weighted by molar-refractivity contribution is 8.04. The summed E-state index contributed by atoms with van der Waals surface area (Å²) >= 11 is 0. The van der Waals surface area contributed by atoms with Gasteiger partial charge in [-0.25, -0.2) is 16.8 Å². The number of hydrogen-bond donors (Lipinski definition) is 1. The van der Waals surface area contributed by atoms with Crippen molar-refractivity contribution in [3.63, 3.8) is 0 Å². The van der Waals surface area contributed by atoms with Crippen molar-refractivity contribution < 1.29 is 16.8 Å². The Morgan fingerprint density at radius 3 is 1.88 bits per heavy atom. The van der Waals surface area contributed by atoms with Crippen LogP contribution in [0.2, 0.25) is 0 Å². The first-order chi connectivity index (χ1) is 11.5. The molecular weight excluding hydrogens is 358 g/mol. The summed E-state index contributed by atoms with van der Waals surface area (Å²) in [6.07, 6.45) is 0. The van der Waals surface area contributed by atoms with E-state index >= 15 is 0 Å². The zero-order valence-corrected chi connectivity index (χ0v) is 16.4. The molecule has 136 valence electrons. The summed E-state index contributed by atoms with van der Waals surface area (Å²) in [6.45, 7) is 7.65. The Bertz CT molecular complexity index is 948. The lowest BCUT2D eigenvalue weighted by Gasteiger charge is -2.17. The molecule has 7 heteroatoms. The molecule has 2 aromatic rings. The van der Waals surface area contributed by atoms with Crippen molar-refractivity contribution in [2.24, 2.45) is 0 Å². The molecule has 2 rings (SSSR count). The number of nitrogens with one attached hydrogen (secondary N) is 1. The van der Waals surface area contributed by atoms with Gasteiger partial charge in [0.1, 0.15) is 0 Å². The van der Waals surface area contributed by atoms with E-state index in [0.29, 0.717) is 5.56 Å². The van der Waals surface area contributed by atoms with Gasteiger partial charge < -0.3 is 0 Å². The molecule has 0 bridgehead atoms. The molecular formula is C18H23NO4S2. The van der Waals surface area contributed by atoms with Crippen LogP contribution in [0.5, 0.6) is 0 Å². The van der Waals surface area contributed by atoms with Crippen molar-refractivity contribution in [1.82, 2.24) is 4.13 Å². The van der Waals surface area contributed by atoms with E-state index in [4.69, 9.17) is 0 Å². The molecule has 0 aliphatic carbocycles. The van der Waals surface area contributed by atoms with E-state index in [-0.39, 0.29) is 21.6 Å². The largest absolute Gasteiger partial charge is 0.254 e. The Labute approximate surface area is 150 Å². The molecule has 1 N–H and O–H groups in total. The zero-order valence-electron chi connectivity index (χ0n) is 14.7. The monoisotopic (exact) mass is 381 g/mol. The lowest BCUT2D eigenvalue weighted by Crippen LogP contribution is -2.31. The van der Waals surface area contributed by atoms with Crippen LogP contribution < -0.4 is 4.13 Å². The van der Waals surface area contributed by atoms with E-state index in [1.807, 2.05) is 37.9 Å². The Kier molecular flexibility index (Phi) is 5.71. The summed E-state index contributed by atoms with van der Waals surface area (Å²) in [6, 6.07) is 12.6. The van der Waals surface area contributed by atoms with E-state index in [0.717, 1.165) is 5.56 Å².